The number of nitrogens with zero attached hydrogens (tertiary/aromatic N) is 5. The number of tetrazole rings is 1. The fraction of sp³-hybridized carbons (Fsp3) is 0.333. The van der Waals surface area contributed by atoms with E-state index in [0.29, 0.717) is 18.7 Å². The van der Waals surface area contributed by atoms with Crippen molar-refractivity contribution in [3.8, 4) is 0 Å². The molecule has 1 aliphatic carbocycles. The number of aromatic amines is 1. The number of rotatable bonds is 8. The van der Waals surface area contributed by atoms with Crippen LogP contribution in [0.1, 0.15) is 71.6 Å². The molecule has 38 heavy (non-hydrogen) atoms. The summed E-state index contributed by atoms with van der Waals surface area (Å²) in [4.78, 5) is 20.5. The molecule has 1 aliphatic rings. The molecule has 8 heteroatoms. The van der Waals surface area contributed by atoms with Crippen molar-refractivity contribution in [2.45, 2.75) is 64.2 Å². The fourth-order valence-electron chi connectivity index (χ4n) is 5.67. The molecule has 0 amide bonds. The highest BCUT2D eigenvalue weighted by molar-refractivity contribution is 7.09. The molecular weight excluding hydrogens is 492 g/mol. The minimum absolute atomic E-state index is 0.103. The molecule has 3 aromatic heterocycles. The number of fused-ring (bicyclic) bond motifs is 1. The summed E-state index contributed by atoms with van der Waals surface area (Å²) in [6, 6.07) is 22.7. The van der Waals surface area contributed by atoms with Crippen molar-refractivity contribution in [1.82, 2.24) is 30.1 Å². The zero-order valence-corrected chi connectivity index (χ0v) is 22.4. The van der Waals surface area contributed by atoms with Crippen LogP contribution in [-0.4, -0.2) is 30.1 Å². The van der Waals surface area contributed by atoms with Crippen LogP contribution in [0.25, 0.3) is 10.9 Å². The first-order valence-corrected chi connectivity index (χ1v) is 14.3. The highest BCUT2D eigenvalue weighted by atomic mass is 32.1. The second kappa shape index (κ2) is 11.0. The summed E-state index contributed by atoms with van der Waals surface area (Å²) in [5.41, 5.74) is 3.73. The lowest BCUT2D eigenvalue weighted by Crippen LogP contribution is -2.35. The Morgan fingerprint density at radius 3 is 2.66 bits per heavy atom. The van der Waals surface area contributed by atoms with Gasteiger partial charge in [-0.3, -0.25) is 9.69 Å². The van der Waals surface area contributed by atoms with E-state index in [1.54, 1.807) is 11.3 Å². The predicted octanol–water partition coefficient (Wildman–Crippen LogP) is 6.18. The van der Waals surface area contributed by atoms with E-state index >= 15 is 0 Å². The summed E-state index contributed by atoms with van der Waals surface area (Å²) in [6.07, 6.45) is 5.71. The Kier molecular flexibility index (Phi) is 7.16. The number of aryl methyl sites for hydroxylation is 1. The number of hydrogen-bond donors (Lipinski definition) is 1. The SMILES string of the molecule is Cc1ccc2[nH]c(=O)c(C(c3nnnn3C3CCCCC3)N(Cc3ccccc3)Cc3cccs3)cc2c1. The molecule has 6 rings (SSSR count). The molecule has 1 N–H and O–H groups in total. The van der Waals surface area contributed by atoms with E-state index in [2.05, 4.69) is 80.2 Å². The zero-order chi connectivity index (χ0) is 25.9. The number of H-pyrrole nitrogens is 1. The van der Waals surface area contributed by atoms with Gasteiger partial charge in [0.15, 0.2) is 5.82 Å². The second-order valence-corrected chi connectivity index (χ2v) is 11.3. The first-order valence-electron chi connectivity index (χ1n) is 13.4. The molecule has 3 heterocycles. The van der Waals surface area contributed by atoms with Crippen LogP contribution in [0.5, 0.6) is 0 Å². The van der Waals surface area contributed by atoms with Crippen LogP contribution in [0.3, 0.4) is 0 Å². The molecule has 0 saturated heterocycles. The molecule has 194 valence electrons. The number of benzene rings is 2. The first kappa shape index (κ1) is 24.7. The van der Waals surface area contributed by atoms with Gasteiger partial charge in [0, 0.05) is 29.0 Å². The van der Waals surface area contributed by atoms with Gasteiger partial charge in [0.2, 0.25) is 0 Å². The van der Waals surface area contributed by atoms with E-state index in [-0.39, 0.29) is 11.6 Å². The van der Waals surface area contributed by atoms with Crippen LogP contribution in [0.15, 0.2) is 76.9 Å². The monoisotopic (exact) mass is 524 g/mol. The average Bonchev–Trinajstić information content (AvgIpc) is 3.63. The van der Waals surface area contributed by atoms with Crippen molar-refractivity contribution < 1.29 is 0 Å². The maximum atomic E-state index is 13.7. The quantitative estimate of drug-likeness (QED) is 0.262. The third kappa shape index (κ3) is 5.19. The van der Waals surface area contributed by atoms with E-state index in [1.807, 2.05) is 28.9 Å². The second-order valence-electron chi connectivity index (χ2n) is 10.3. The lowest BCUT2D eigenvalue weighted by molar-refractivity contribution is 0.188. The van der Waals surface area contributed by atoms with Crippen molar-refractivity contribution in [3.63, 3.8) is 0 Å². The molecular formula is C30H32N6OS. The van der Waals surface area contributed by atoms with Gasteiger partial charge in [-0.2, -0.15) is 0 Å². The van der Waals surface area contributed by atoms with Crippen LogP contribution in [-0.2, 0) is 13.1 Å². The Morgan fingerprint density at radius 2 is 1.87 bits per heavy atom. The van der Waals surface area contributed by atoms with Gasteiger partial charge in [-0.25, -0.2) is 4.68 Å². The Hall–Kier alpha value is -3.62. The van der Waals surface area contributed by atoms with E-state index < -0.39 is 6.04 Å². The molecule has 0 aliphatic heterocycles. The van der Waals surface area contributed by atoms with Crippen molar-refractivity contribution in [2.24, 2.45) is 0 Å². The van der Waals surface area contributed by atoms with Gasteiger partial charge < -0.3 is 4.98 Å². The lowest BCUT2D eigenvalue weighted by atomic mass is 9.95. The largest absolute Gasteiger partial charge is 0.322 e. The zero-order valence-electron chi connectivity index (χ0n) is 21.6. The number of hydrogen-bond acceptors (Lipinski definition) is 6. The summed E-state index contributed by atoms with van der Waals surface area (Å²) in [5.74, 6) is 0.738. The van der Waals surface area contributed by atoms with E-state index in [4.69, 9.17) is 0 Å². The molecule has 7 nitrogen and oxygen atoms in total. The van der Waals surface area contributed by atoms with Gasteiger partial charge in [0.25, 0.3) is 5.56 Å². The predicted molar refractivity (Wildman–Crippen MR) is 151 cm³/mol. The van der Waals surface area contributed by atoms with Crippen molar-refractivity contribution in [2.75, 3.05) is 0 Å². The lowest BCUT2D eigenvalue weighted by Gasteiger charge is -2.32. The Bertz CT molecular complexity index is 1550. The van der Waals surface area contributed by atoms with E-state index in [0.717, 1.165) is 35.1 Å². The molecule has 1 fully saturated rings. The summed E-state index contributed by atoms with van der Waals surface area (Å²) in [5, 5.41) is 16.4. The molecule has 0 spiro atoms. The van der Waals surface area contributed by atoms with Gasteiger partial charge in [0.1, 0.15) is 6.04 Å². The summed E-state index contributed by atoms with van der Waals surface area (Å²) < 4.78 is 2.01. The van der Waals surface area contributed by atoms with Crippen LogP contribution in [0.2, 0.25) is 0 Å². The topological polar surface area (TPSA) is 79.7 Å². The average molecular weight is 525 g/mol. The van der Waals surface area contributed by atoms with Gasteiger partial charge in [-0.15, -0.1) is 16.4 Å². The molecule has 1 atom stereocenters. The van der Waals surface area contributed by atoms with Gasteiger partial charge >= 0.3 is 0 Å². The number of thiophene rings is 1. The Labute approximate surface area is 226 Å². The third-order valence-corrected chi connectivity index (χ3v) is 8.40. The Balaban J connectivity index is 1.53. The summed E-state index contributed by atoms with van der Waals surface area (Å²) in [6.45, 7) is 3.41. The fourth-order valence-corrected chi connectivity index (χ4v) is 6.40. The molecule has 1 saturated carbocycles. The van der Waals surface area contributed by atoms with Crippen LogP contribution < -0.4 is 5.56 Å². The highest BCUT2D eigenvalue weighted by Crippen LogP contribution is 2.35. The molecule has 5 aromatic rings. The van der Waals surface area contributed by atoms with Crippen molar-refractivity contribution >= 4 is 22.2 Å². The number of pyridine rings is 1. The third-order valence-electron chi connectivity index (χ3n) is 7.54. The van der Waals surface area contributed by atoms with Gasteiger partial charge in [-0.05, 0) is 70.8 Å². The smallest absolute Gasteiger partial charge is 0.253 e. The van der Waals surface area contributed by atoms with Crippen LogP contribution in [0, 0.1) is 6.92 Å². The summed E-state index contributed by atoms with van der Waals surface area (Å²) >= 11 is 1.73. The van der Waals surface area contributed by atoms with Gasteiger partial charge in [0.05, 0.1) is 6.04 Å². The number of aromatic nitrogens is 5. The maximum Gasteiger partial charge on any atom is 0.253 e. The van der Waals surface area contributed by atoms with Gasteiger partial charge in [-0.1, -0.05) is 67.3 Å². The van der Waals surface area contributed by atoms with Crippen molar-refractivity contribution in [3.05, 3.63) is 110 Å². The Morgan fingerprint density at radius 1 is 1.03 bits per heavy atom. The van der Waals surface area contributed by atoms with E-state index in [1.165, 1.54) is 29.7 Å². The molecule has 2 aromatic carbocycles. The minimum atomic E-state index is -0.414. The standard InChI is InChI=1S/C30H32N6OS/c1-21-14-15-27-23(17-21)18-26(30(37)31-27)28(29-32-33-34-36(29)24-11-6-3-7-12-24)35(20-25-13-8-16-38-25)19-22-9-4-2-5-10-22/h2,4-5,8-10,13-18,24,28H,3,6-7,11-12,19-20H2,1H3,(H,31,37). The van der Waals surface area contributed by atoms with Crippen molar-refractivity contribution in [1.29, 1.82) is 0 Å². The minimum Gasteiger partial charge on any atom is -0.322 e. The van der Waals surface area contributed by atoms with E-state index in [9.17, 15) is 4.79 Å². The first-order chi connectivity index (χ1) is 18.7. The maximum absolute atomic E-state index is 13.7. The van der Waals surface area contributed by atoms with Crippen LogP contribution >= 0.6 is 11.3 Å². The number of nitrogens with one attached hydrogen (secondary N) is 1. The highest BCUT2D eigenvalue weighted by Gasteiger charge is 2.33. The normalized spacial score (nSPS) is 15.3. The molecule has 0 radical (unpaired) electrons. The molecule has 1 unspecified atom stereocenters. The van der Waals surface area contributed by atoms with Crippen LogP contribution in [0.4, 0.5) is 0 Å². The summed E-state index contributed by atoms with van der Waals surface area (Å²) in [7, 11) is 0. The molecule has 0 bridgehead atoms.